The zero-order valence-corrected chi connectivity index (χ0v) is 27.5. The van der Waals surface area contributed by atoms with Gasteiger partial charge in [0.1, 0.15) is 5.65 Å². The molecule has 0 amide bonds. The highest BCUT2D eigenvalue weighted by Gasteiger charge is 2.19. The summed E-state index contributed by atoms with van der Waals surface area (Å²) in [5.41, 5.74) is 10.5. The molecule has 4 heteroatoms. The largest absolute Gasteiger partial charge is 0.294 e. The van der Waals surface area contributed by atoms with Crippen LogP contribution in [-0.4, -0.2) is 19.5 Å². The summed E-state index contributed by atoms with van der Waals surface area (Å²) in [6, 6.07) is 49.6. The molecule has 0 N–H and O–H groups in total. The van der Waals surface area contributed by atoms with E-state index in [9.17, 15) is 0 Å². The Bertz CT molecular complexity index is 2560. The molecule has 0 atom stereocenters. The lowest BCUT2D eigenvalue weighted by atomic mass is 9.86. The van der Waals surface area contributed by atoms with Crippen molar-refractivity contribution < 1.29 is 0 Å². The van der Waals surface area contributed by atoms with Crippen LogP contribution in [0.5, 0.6) is 0 Å². The molecule has 4 nitrogen and oxygen atoms in total. The third-order valence-electron chi connectivity index (χ3n) is 9.54. The van der Waals surface area contributed by atoms with E-state index in [4.69, 9.17) is 15.0 Å². The van der Waals surface area contributed by atoms with Crippen LogP contribution in [0.4, 0.5) is 0 Å². The minimum absolute atomic E-state index is 0.534. The van der Waals surface area contributed by atoms with Gasteiger partial charge < -0.3 is 0 Å². The molecule has 0 aliphatic heterocycles. The van der Waals surface area contributed by atoms with Crippen molar-refractivity contribution in [1.29, 1.82) is 0 Å². The lowest BCUT2D eigenvalue weighted by Crippen LogP contribution is -2.00. The first-order valence-corrected chi connectivity index (χ1v) is 17.0. The first kappa shape index (κ1) is 29.0. The van der Waals surface area contributed by atoms with Crippen LogP contribution in [0.1, 0.15) is 19.4 Å². The quantitative estimate of drug-likeness (QED) is 0.172. The van der Waals surface area contributed by atoms with Crippen molar-refractivity contribution in [3.8, 4) is 39.5 Å². The number of aromatic nitrogens is 4. The second kappa shape index (κ2) is 11.8. The molecule has 4 aromatic heterocycles. The molecule has 0 aliphatic rings. The molecule has 0 saturated carbocycles. The fourth-order valence-electron chi connectivity index (χ4n) is 7.48. The van der Waals surface area contributed by atoms with Crippen LogP contribution in [-0.2, 0) is 6.42 Å². The van der Waals surface area contributed by atoms with Crippen molar-refractivity contribution in [1.82, 2.24) is 19.5 Å². The second-order valence-corrected chi connectivity index (χ2v) is 13.2. The van der Waals surface area contributed by atoms with Crippen LogP contribution in [0, 0.1) is 5.92 Å². The monoisotopic (exact) mass is 630 g/mol. The lowest BCUT2D eigenvalue weighted by molar-refractivity contribution is 0.653. The topological polar surface area (TPSA) is 43.6 Å². The second-order valence-electron chi connectivity index (χ2n) is 13.2. The molecule has 0 aliphatic carbocycles. The number of rotatable bonds is 6. The van der Waals surface area contributed by atoms with E-state index in [0.717, 1.165) is 62.4 Å². The molecule has 5 aromatic carbocycles. The van der Waals surface area contributed by atoms with Gasteiger partial charge in [-0.2, -0.15) is 0 Å². The Hall–Kier alpha value is -6.13. The molecule has 0 spiro atoms. The predicted molar refractivity (Wildman–Crippen MR) is 204 cm³/mol. The standard InChI is InChI=1S/C45H34N4/c1-29(2)25-39-33-15-3-5-18-36(33)44(37-19-6-4-16-34(37)39)42-28-31(27-41(48-42)40-21-9-10-23-46-40)30-13-11-14-32(26-30)49-43-22-8-7-17-35(43)38-20-12-24-47-45(38)49/h3-24,26-29H,25H2,1-2H3. The lowest BCUT2D eigenvalue weighted by Gasteiger charge is -2.19. The van der Waals surface area contributed by atoms with E-state index < -0.39 is 0 Å². The summed E-state index contributed by atoms with van der Waals surface area (Å²) in [4.78, 5) is 14.9. The summed E-state index contributed by atoms with van der Waals surface area (Å²) in [5, 5.41) is 7.36. The summed E-state index contributed by atoms with van der Waals surface area (Å²) in [6.45, 7) is 4.59. The van der Waals surface area contributed by atoms with Crippen molar-refractivity contribution in [2.45, 2.75) is 20.3 Å². The Labute approximate surface area is 285 Å². The predicted octanol–water partition coefficient (Wildman–Crippen LogP) is 11.5. The van der Waals surface area contributed by atoms with E-state index >= 15 is 0 Å². The van der Waals surface area contributed by atoms with E-state index in [1.54, 1.807) is 0 Å². The van der Waals surface area contributed by atoms with Crippen molar-refractivity contribution in [3.05, 3.63) is 157 Å². The van der Waals surface area contributed by atoms with Gasteiger partial charge in [-0.25, -0.2) is 9.97 Å². The van der Waals surface area contributed by atoms with Gasteiger partial charge >= 0.3 is 0 Å². The fraction of sp³-hybridized carbons (Fsp3) is 0.0889. The van der Waals surface area contributed by atoms with Crippen molar-refractivity contribution in [2.75, 3.05) is 0 Å². The summed E-state index contributed by atoms with van der Waals surface area (Å²) >= 11 is 0. The maximum absolute atomic E-state index is 5.37. The van der Waals surface area contributed by atoms with Crippen LogP contribution in [0.25, 0.3) is 82.9 Å². The van der Waals surface area contributed by atoms with Crippen molar-refractivity contribution in [3.63, 3.8) is 0 Å². The van der Waals surface area contributed by atoms with Crippen molar-refractivity contribution >= 4 is 43.5 Å². The summed E-state index contributed by atoms with van der Waals surface area (Å²) < 4.78 is 2.27. The van der Waals surface area contributed by atoms with Gasteiger partial charge in [-0.05, 0) is 105 Å². The Morgan fingerprint density at radius 3 is 1.90 bits per heavy atom. The minimum Gasteiger partial charge on any atom is -0.294 e. The van der Waals surface area contributed by atoms with E-state index in [-0.39, 0.29) is 0 Å². The van der Waals surface area contributed by atoms with E-state index in [1.807, 2.05) is 36.7 Å². The molecule has 234 valence electrons. The number of hydrogen-bond acceptors (Lipinski definition) is 3. The van der Waals surface area contributed by atoms with Crippen LogP contribution in [0.2, 0.25) is 0 Å². The third kappa shape index (κ3) is 4.96. The maximum atomic E-state index is 5.37. The highest BCUT2D eigenvalue weighted by molar-refractivity contribution is 6.15. The van der Waals surface area contributed by atoms with Gasteiger partial charge in [0.2, 0.25) is 0 Å². The van der Waals surface area contributed by atoms with Gasteiger partial charge in [0.15, 0.2) is 0 Å². The Morgan fingerprint density at radius 2 is 1.16 bits per heavy atom. The van der Waals surface area contributed by atoms with Crippen LogP contribution >= 0.6 is 0 Å². The molecule has 9 aromatic rings. The van der Waals surface area contributed by atoms with Crippen LogP contribution in [0.15, 0.2) is 152 Å². The number of para-hydroxylation sites is 1. The summed E-state index contributed by atoms with van der Waals surface area (Å²) in [6.07, 6.45) is 4.72. The molecule has 0 saturated heterocycles. The zero-order valence-electron chi connectivity index (χ0n) is 27.5. The van der Waals surface area contributed by atoms with Crippen molar-refractivity contribution in [2.24, 2.45) is 5.92 Å². The molecular weight excluding hydrogens is 597 g/mol. The highest BCUT2D eigenvalue weighted by Crippen LogP contribution is 2.41. The van der Waals surface area contributed by atoms with Gasteiger partial charge in [-0.3, -0.25) is 9.55 Å². The number of nitrogens with zero attached hydrogens (tertiary/aromatic N) is 4. The first-order valence-electron chi connectivity index (χ1n) is 17.0. The molecule has 0 fully saturated rings. The number of benzene rings is 5. The molecule has 0 radical (unpaired) electrons. The molecule has 49 heavy (non-hydrogen) atoms. The van der Waals surface area contributed by atoms with Gasteiger partial charge in [0.05, 0.1) is 22.6 Å². The minimum atomic E-state index is 0.534. The first-order chi connectivity index (χ1) is 24.1. The average Bonchev–Trinajstić information content (AvgIpc) is 3.49. The molecule has 4 heterocycles. The van der Waals surface area contributed by atoms with E-state index in [1.165, 1.54) is 32.5 Å². The van der Waals surface area contributed by atoms with Crippen LogP contribution < -0.4 is 0 Å². The van der Waals surface area contributed by atoms with Gasteiger partial charge in [-0.15, -0.1) is 0 Å². The molecule has 9 rings (SSSR count). The molecular formula is C45H34N4. The smallest absolute Gasteiger partial charge is 0.145 e. The van der Waals surface area contributed by atoms with Gasteiger partial charge in [0, 0.05) is 34.4 Å². The summed E-state index contributed by atoms with van der Waals surface area (Å²) in [7, 11) is 0. The Balaban J connectivity index is 1.31. The molecule has 0 unspecified atom stereocenters. The average molecular weight is 631 g/mol. The normalized spacial score (nSPS) is 11.7. The molecule has 0 bridgehead atoms. The maximum Gasteiger partial charge on any atom is 0.145 e. The van der Waals surface area contributed by atoms with Gasteiger partial charge in [0.25, 0.3) is 0 Å². The van der Waals surface area contributed by atoms with Crippen LogP contribution in [0.3, 0.4) is 0 Å². The van der Waals surface area contributed by atoms with E-state index in [0.29, 0.717) is 5.92 Å². The SMILES string of the molecule is CC(C)Cc1c2ccccc2c(-c2cc(-c3cccc(-n4c5ccccc5c5cccnc54)c3)cc(-c3ccccn3)n2)c2ccccc12. The van der Waals surface area contributed by atoms with Gasteiger partial charge in [-0.1, -0.05) is 98.8 Å². The number of hydrogen-bond donors (Lipinski definition) is 0. The van der Waals surface area contributed by atoms with E-state index in [2.05, 4.69) is 134 Å². The Kier molecular flexibility index (Phi) is 7.02. The summed E-state index contributed by atoms with van der Waals surface area (Å²) in [5.74, 6) is 0.534. The number of fused-ring (bicyclic) bond motifs is 5. The number of pyridine rings is 3. The zero-order chi connectivity index (χ0) is 32.9. The highest BCUT2D eigenvalue weighted by atomic mass is 15.0. The third-order valence-corrected chi connectivity index (χ3v) is 9.54. The Morgan fingerprint density at radius 1 is 0.510 bits per heavy atom. The fourth-order valence-corrected chi connectivity index (χ4v) is 7.48.